The van der Waals surface area contributed by atoms with E-state index in [1.54, 1.807) is 6.92 Å². The van der Waals surface area contributed by atoms with Gasteiger partial charge < -0.3 is 16.2 Å². The summed E-state index contributed by atoms with van der Waals surface area (Å²) in [5.74, 6) is 0. The Morgan fingerprint density at radius 2 is 0.960 bits per heavy atom. The van der Waals surface area contributed by atoms with Gasteiger partial charge in [-0.05, 0) is 19.8 Å². The van der Waals surface area contributed by atoms with Crippen LogP contribution >= 0.6 is 7.82 Å². The van der Waals surface area contributed by atoms with Crippen molar-refractivity contribution in [1.82, 2.24) is 6.15 Å². The van der Waals surface area contributed by atoms with E-state index in [1.165, 1.54) is 51.4 Å². The van der Waals surface area contributed by atoms with Crippen LogP contribution in [0.25, 0.3) is 0 Å². The summed E-state index contributed by atoms with van der Waals surface area (Å²) >= 11 is 0. The zero-order valence-corrected chi connectivity index (χ0v) is 17.8. The van der Waals surface area contributed by atoms with Crippen molar-refractivity contribution in [3.05, 3.63) is 0 Å². The minimum atomic E-state index is -3.82. The van der Waals surface area contributed by atoms with Gasteiger partial charge in [-0.2, -0.15) is 0 Å². The van der Waals surface area contributed by atoms with Crippen LogP contribution in [0.4, 0.5) is 0 Å². The molecule has 0 radical (unpaired) electrons. The number of unbranched alkanes of at least 4 members (excludes halogenated alkanes) is 10. The molecular formula is C18H44NO5P. The summed E-state index contributed by atoms with van der Waals surface area (Å²) in [7, 11) is -3.82. The number of hydrogen-bond acceptors (Lipinski definition) is 5. The minimum absolute atomic E-state index is 0. The van der Waals surface area contributed by atoms with E-state index in [-0.39, 0.29) is 12.8 Å². The lowest BCUT2D eigenvalue weighted by molar-refractivity contribution is 0.145. The van der Waals surface area contributed by atoms with Gasteiger partial charge in [-0.1, -0.05) is 78.1 Å². The smallest absolute Gasteiger partial charge is 0.397 e. The quantitative estimate of drug-likeness (QED) is 0.222. The summed E-state index contributed by atoms with van der Waals surface area (Å²) in [5.41, 5.74) is 0. The third-order valence-electron chi connectivity index (χ3n) is 3.50. The van der Waals surface area contributed by atoms with Crippen LogP contribution in [0.5, 0.6) is 0 Å². The van der Waals surface area contributed by atoms with E-state index in [9.17, 15) is 9.46 Å². The minimum Gasteiger partial charge on any atom is -0.397 e. The van der Waals surface area contributed by atoms with E-state index in [4.69, 9.17) is 14.2 Å². The third-order valence-corrected chi connectivity index (χ3v) is 4.52. The lowest BCUT2D eigenvalue weighted by Gasteiger charge is -2.12. The van der Waals surface area contributed by atoms with Crippen LogP contribution in [-0.2, 0) is 13.6 Å². The second kappa shape index (κ2) is 24.0. The molecule has 0 rings (SSSR count). The van der Waals surface area contributed by atoms with Crippen LogP contribution in [0.3, 0.4) is 0 Å². The van der Waals surface area contributed by atoms with Gasteiger partial charge in [0.25, 0.3) is 0 Å². The maximum atomic E-state index is 11.6. The molecule has 156 valence electrons. The van der Waals surface area contributed by atoms with Crippen LogP contribution in [0, 0.1) is 0 Å². The van der Waals surface area contributed by atoms with Gasteiger partial charge in [0.05, 0.1) is 13.2 Å². The molecule has 0 saturated heterocycles. The van der Waals surface area contributed by atoms with Crippen LogP contribution in [0.1, 0.15) is 97.8 Å². The molecule has 0 aromatic carbocycles. The van der Waals surface area contributed by atoms with Crippen molar-refractivity contribution >= 4 is 7.82 Å². The molecule has 0 unspecified atom stereocenters. The van der Waals surface area contributed by atoms with E-state index in [1.807, 2.05) is 0 Å². The lowest BCUT2D eigenvalue weighted by Crippen LogP contribution is -1.99. The average molecular weight is 386 g/mol. The Hall–Kier alpha value is 0.0300. The monoisotopic (exact) mass is 385 g/mol. The molecule has 0 fully saturated rings. The van der Waals surface area contributed by atoms with E-state index in [0.717, 1.165) is 25.7 Å². The Bertz CT molecular complexity index is 258. The van der Waals surface area contributed by atoms with Crippen molar-refractivity contribution in [2.24, 2.45) is 0 Å². The van der Waals surface area contributed by atoms with Crippen molar-refractivity contribution < 1.29 is 23.6 Å². The Morgan fingerprint density at radius 3 is 1.28 bits per heavy atom. The topological polar surface area (TPSA) is 111 Å². The standard InChI is InChI=1S/C16H35O4P.C2H6O.H3N/c1-3-5-7-9-11-13-15-19-21(17,18)20-16-14-12-10-8-6-4-2;1-2-3;/h3-16H2,1-2H3,(H,17,18);3H,2H2,1H3;1H3. The number of rotatable bonds is 16. The highest BCUT2D eigenvalue weighted by Crippen LogP contribution is 2.43. The molecule has 0 spiro atoms. The molecule has 0 aromatic rings. The fourth-order valence-electron chi connectivity index (χ4n) is 2.16. The number of aliphatic hydroxyl groups is 1. The van der Waals surface area contributed by atoms with Crippen molar-refractivity contribution in [3.63, 3.8) is 0 Å². The van der Waals surface area contributed by atoms with Gasteiger partial charge in [-0.15, -0.1) is 0 Å². The van der Waals surface area contributed by atoms with Gasteiger partial charge in [0.2, 0.25) is 0 Å². The Morgan fingerprint density at radius 1 is 0.680 bits per heavy atom. The molecule has 25 heavy (non-hydrogen) atoms. The number of aliphatic hydroxyl groups excluding tert-OH is 1. The largest absolute Gasteiger partial charge is 0.472 e. The van der Waals surface area contributed by atoms with Gasteiger partial charge >= 0.3 is 7.82 Å². The molecule has 7 heteroatoms. The highest BCUT2D eigenvalue weighted by molar-refractivity contribution is 7.47. The molecule has 0 aromatic heterocycles. The normalized spacial score (nSPS) is 10.8. The average Bonchev–Trinajstić information content (AvgIpc) is 2.54. The van der Waals surface area contributed by atoms with Crippen LogP contribution in [-0.4, -0.2) is 29.8 Å². The predicted octanol–water partition coefficient (Wildman–Crippen LogP) is 6.00. The summed E-state index contributed by atoms with van der Waals surface area (Å²) in [6.07, 6.45) is 13.6. The SMILES string of the molecule is CCCCCCCCOP(=O)(O)OCCCCCCCC.CCO.N. The maximum absolute atomic E-state index is 11.6. The zero-order valence-electron chi connectivity index (χ0n) is 16.9. The molecule has 0 aliphatic rings. The first-order valence-electron chi connectivity index (χ1n) is 9.76. The first kappa shape index (κ1) is 29.8. The maximum Gasteiger partial charge on any atom is 0.472 e. The molecule has 0 aliphatic heterocycles. The van der Waals surface area contributed by atoms with Crippen molar-refractivity contribution in [3.8, 4) is 0 Å². The van der Waals surface area contributed by atoms with Gasteiger partial charge in [-0.25, -0.2) is 4.57 Å². The number of phosphoric acid groups is 1. The highest BCUT2D eigenvalue weighted by Gasteiger charge is 2.19. The summed E-state index contributed by atoms with van der Waals surface area (Å²) in [6.45, 7) is 6.94. The summed E-state index contributed by atoms with van der Waals surface area (Å²) < 4.78 is 21.5. The second-order valence-corrected chi connectivity index (χ2v) is 7.44. The third kappa shape index (κ3) is 29.1. The summed E-state index contributed by atoms with van der Waals surface area (Å²) in [5, 5.41) is 7.57. The van der Waals surface area contributed by atoms with Crippen molar-refractivity contribution in [2.45, 2.75) is 97.8 Å². The zero-order chi connectivity index (χ0) is 18.5. The first-order chi connectivity index (χ1) is 11.5. The second-order valence-electron chi connectivity index (χ2n) is 5.99. The van der Waals surface area contributed by atoms with Gasteiger partial charge in [-0.3, -0.25) is 9.05 Å². The van der Waals surface area contributed by atoms with Crippen LogP contribution in [0.2, 0.25) is 0 Å². The molecule has 6 nitrogen and oxygen atoms in total. The van der Waals surface area contributed by atoms with Crippen LogP contribution in [0.15, 0.2) is 0 Å². The van der Waals surface area contributed by atoms with E-state index >= 15 is 0 Å². The van der Waals surface area contributed by atoms with E-state index in [0.29, 0.717) is 13.2 Å². The highest BCUT2D eigenvalue weighted by atomic mass is 31.2. The fourth-order valence-corrected chi connectivity index (χ4v) is 2.96. The first-order valence-corrected chi connectivity index (χ1v) is 11.3. The predicted molar refractivity (Wildman–Crippen MR) is 106 cm³/mol. The van der Waals surface area contributed by atoms with Gasteiger partial charge in [0, 0.05) is 6.61 Å². The van der Waals surface area contributed by atoms with Crippen molar-refractivity contribution in [1.29, 1.82) is 0 Å². The Balaban J connectivity index is -0.00000112. The molecule has 0 heterocycles. The van der Waals surface area contributed by atoms with E-state index < -0.39 is 7.82 Å². The molecule has 0 amide bonds. The molecule has 0 aliphatic carbocycles. The lowest BCUT2D eigenvalue weighted by atomic mass is 10.1. The number of hydrogen-bond donors (Lipinski definition) is 3. The molecule has 5 N–H and O–H groups in total. The summed E-state index contributed by atoms with van der Waals surface area (Å²) in [4.78, 5) is 9.51. The van der Waals surface area contributed by atoms with Crippen molar-refractivity contribution in [2.75, 3.05) is 19.8 Å². The number of phosphoric ester groups is 1. The molecule has 0 saturated carbocycles. The molecule has 0 bridgehead atoms. The molecular weight excluding hydrogens is 341 g/mol. The van der Waals surface area contributed by atoms with Gasteiger partial charge in [0.15, 0.2) is 0 Å². The van der Waals surface area contributed by atoms with Gasteiger partial charge in [0.1, 0.15) is 0 Å². The van der Waals surface area contributed by atoms with E-state index in [2.05, 4.69) is 13.8 Å². The fraction of sp³-hybridized carbons (Fsp3) is 1.00. The van der Waals surface area contributed by atoms with Crippen LogP contribution < -0.4 is 6.15 Å². The summed E-state index contributed by atoms with van der Waals surface area (Å²) in [6, 6.07) is 0. The Kier molecular flexibility index (Phi) is 28.6. The molecule has 0 atom stereocenters. The Labute approximate surface area is 155 Å².